The summed E-state index contributed by atoms with van der Waals surface area (Å²) in [5.41, 5.74) is -2.63. The fraction of sp³-hybridized carbons (Fsp3) is 0.382. The van der Waals surface area contributed by atoms with Gasteiger partial charge in [-0.3, -0.25) is 24.5 Å². The second-order valence-electron chi connectivity index (χ2n) is 12.4. The summed E-state index contributed by atoms with van der Waals surface area (Å²) in [5.74, 6) is -3.35. The number of aliphatic hydroxyl groups excluding tert-OH is 1. The lowest BCUT2D eigenvalue weighted by Gasteiger charge is -2.43. The van der Waals surface area contributed by atoms with E-state index in [9.17, 15) is 44.9 Å². The van der Waals surface area contributed by atoms with Crippen molar-refractivity contribution in [3.63, 3.8) is 0 Å². The van der Waals surface area contributed by atoms with Crippen LogP contribution in [0, 0.1) is 10.1 Å². The quantitative estimate of drug-likeness (QED) is 0.102. The van der Waals surface area contributed by atoms with Gasteiger partial charge in [0.15, 0.2) is 17.9 Å². The van der Waals surface area contributed by atoms with Crippen molar-refractivity contribution >= 4 is 35.4 Å². The Morgan fingerprint density at radius 1 is 1.08 bits per heavy atom. The zero-order valence-corrected chi connectivity index (χ0v) is 27.5. The minimum atomic E-state index is -2.06. The molecular weight excluding hydrogens is 664 g/mol. The van der Waals surface area contributed by atoms with Crippen LogP contribution in [0.1, 0.15) is 81.3 Å². The van der Waals surface area contributed by atoms with Crippen LogP contribution in [0.2, 0.25) is 0 Å². The number of Topliss-reactive ketones (excluding diaryl/α,β-unsaturated/α-hetero) is 1. The number of nitro benzene ring substituents is 1. The number of aliphatic hydroxyl groups is 2. The Labute approximate surface area is 286 Å². The first-order chi connectivity index (χ1) is 22.7. The topological polar surface area (TPSA) is 215 Å². The van der Waals surface area contributed by atoms with Crippen LogP contribution in [-0.2, 0) is 27.2 Å². The van der Waals surface area contributed by atoms with E-state index >= 15 is 0 Å². The number of non-ortho nitro benzene ring substituents is 1. The number of carbonyl (C=O) groups is 3. The zero-order valence-electron chi connectivity index (χ0n) is 26.7. The molecule has 6 rings (SSSR count). The van der Waals surface area contributed by atoms with Gasteiger partial charge in [-0.05, 0) is 25.5 Å². The highest BCUT2D eigenvalue weighted by atomic mass is 35.5. The molecule has 0 unspecified atom stereocenters. The Kier molecular flexibility index (Phi) is 9.85. The molecule has 15 heteroatoms. The van der Waals surface area contributed by atoms with Crippen LogP contribution in [0.15, 0.2) is 42.5 Å². The highest BCUT2D eigenvalue weighted by molar-refractivity contribution is 6.31. The van der Waals surface area contributed by atoms with Crippen LogP contribution in [0.3, 0.4) is 0 Å². The predicted octanol–water partition coefficient (Wildman–Crippen LogP) is 3.19. The van der Waals surface area contributed by atoms with Gasteiger partial charge in [0.1, 0.15) is 22.8 Å². The molecule has 1 aliphatic heterocycles. The number of ketones is 3. The van der Waals surface area contributed by atoms with Crippen molar-refractivity contribution in [1.82, 2.24) is 5.32 Å². The maximum absolute atomic E-state index is 13.8. The summed E-state index contributed by atoms with van der Waals surface area (Å²) in [7, 11) is 1.33. The van der Waals surface area contributed by atoms with E-state index in [2.05, 4.69) is 5.32 Å². The van der Waals surface area contributed by atoms with Gasteiger partial charge in [0.2, 0.25) is 5.78 Å². The van der Waals surface area contributed by atoms with Gasteiger partial charge in [0.25, 0.3) is 5.69 Å². The highest BCUT2D eigenvalue weighted by Crippen LogP contribution is 2.52. The average Bonchev–Trinajstić information content (AvgIpc) is 3.05. The van der Waals surface area contributed by atoms with Crippen molar-refractivity contribution in [2.24, 2.45) is 0 Å². The van der Waals surface area contributed by atoms with Gasteiger partial charge in [-0.25, -0.2) is 0 Å². The first-order valence-corrected chi connectivity index (χ1v) is 15.3. The SMILES string of the molecule is COc1cccc2c1C(=O)c1c(O)c3c(c(O)c1C2=O)C[C@@](O)(C(C)=O)C[C@@H]3O[C@H]1C[C@H](NCc2ccc([N+](=O)[O-])cc2)[C@H](O)[C@H](C)O1.Cl. The van der Waals surface area contributed by atoms with Gasteiger partial charge in [-0.1, -0.05) is 24.3 Å². The lowest BCUT2D eigenvalue weighted by molar-refractivity contribution is -0.384. The first-order valence-electron chi connectivity index (χ1n) is 15.3. The van der Waals surface area contributed by atoms with E-state index in [4.69, 9.17) is 14.2 Å². The Balaban J connectivity index is 0.00000468. The zero-order chi connectivity index (χ0) is 34.7. The van der Waals surface area contributed by atoms with E-state index in [1.165, 1.54) is 44.4 Å². The summed E-state index contributed by atoms with van der Waals surface area (Å²) in [5, 5.41) is 59.8. The number of rotatable bonds is 8. The van der Waals surface area contributed by atoms with Crippen molar-refractivity contribution in [3.8, 4) is 17.2 Å². The Morgan fingerprint density at radius 2 is 1.76 bits per heavy atom. The van der Waals surface area contributed by atoms with Gasteiger partial charge in [-0.15, -0.1) is 12.4 Å². The number of halogens is 1. The van der Waals surface area contributed by atoms with Crippen molar-refractivity contribution in [2.75, 3.05) is 7.11 Å². The molecule has 0 spiro atoms. The fourth-order valence-electron chi connectivity index (χ4n) is 6.81. The number of methoxy groups -OCH3 is 1. The highest BCUT2D eigenvalue weighted by Gasteiger charge is 2.49. The summed E-state index contributed by atoms with van der Waals surface area (Å²) in [6.07, 6.45) is -4.90. The molecule has 2 aliphatic carbocycles. The van der Waals surface area contributed by atoms with Crippen molar-refractivity contribution in [1.29, 1.82) is 0 Å². The molecule has 1 saturated heterocycles. The van der Waals surface area contributed by atoms with E-state index in [0.717, 1.165) is 5.56 Å². The molecule has 0 saturated carbocycles. The molecule has 3 aromatic rings. The maximum atomic E-state index is 13.8. The minimum Gasteiger partial charge on any atom is -0.507 e. The Bertz CT molecular complexity index is 1850. The van der Waals surface area contributed by atoms with Gasteiger partial charge in [0.05, 0.1) is 47.0 Å². The largest absolute Gasteiger partial charge is 0.507 e. The van der Waals surface area contributed by atoms with Crippen molar-refractivity contribution in [2.45, 2.75) is 75.9 Å². The molecule has 5 N–H and O–H groups in total. The number of phenols is 2. The molecule has 3 aromatic carbocycles. The monoisotopic (exact) mass is 698 g/mol. The summed E-state index contributed by atoms with van der Waals surface area (Å²) >= 11 is 0. The van der Waals surface area contributed by atoms with E-state index < -0.39 is 87.6 Å². The second-order valence-corrected chi connectivity index (χ2v) is 12.4. The normalized spacial score (nSPS) is 25.8. The number of hydrogen-bond acceptors (Lipinski definition) is 13. The molecule has 3 aliphatic rings. The Morgan fingerprint density at radius 3 is 2.39 bits per heavy atom. The van der Waals surface area contributed by atoms with Crippen LogP contribution in [-0.4, -0.2) is 79.9 Å². The summed E-state index contributed by atoms with van der Waals surface area (Å²) in [6.45, 7) is 3.04. The number of ether oxygens (including phenoxy) is 3. The molecule has 260 valence electrons. The van der Waals surface area contributed by atoms with Gasteiger partial charge in [-0.2, -0.15) is 0 Å². The first kappa shape index (κ1) is 35.9. The number of benzene rings is 3. The molecule has 0 radical (unpaired) electrons. The molecule has 1 heterocycles. The predicted molar refractivity (Wildman–Crippen MR) is 173 cm³/mol. The number of nitrogens with zero attached hydrogens (tertiary/aromatic N) is 1. The molecule has 0 aromatic heterocycles. The van der Waals surface area contributed by atoms with Crippen LogP contribution < -0.4 is 10.1 Å². The third-order valence-electron chi connectivity index (χ3n) is 9.47. The number of nitro groups is 1. The lowest BCUT2D eigenvalue weighted by atomic mass is 9.72. The number of phenolic OH excluding ortho intramolecular Hbond substituents is 2. The Hall–Kier alpha value is -4.44. The molecular formula is C34H35ClN2O12. The van der Waals surface area contributed by atoms with Crippen molar-refractivity contribution in [3.05, 3.63) is 91.5 Å². The summed E-state index contributed by atoms with van der Waals surface area (Å²) in [4.78, 5) is 50.7. The molecule has 14 nitrogen and oxygen atoms in total. The lowest BCUT2D eigenvalue weighted by Crippen LogP contribution is -2.54. The number of nitrogens with one attached hydrogen (secondary N) is 1. The molecule has 6 atom stereocenters. The second kappa shape index (κ2) is 13.5. The molecule has 0 amide bonds. The third-order valence-corrected chi connectivity index (χ3v) is 9.47. The number of fused-ring (bicyclic) bond motifs is 3. The van der Waals surface area contributed by atoms with Crippen LogP contribution in [0.25, 0.3) is 0 Å². The number of carbonyl (C=O) groups excluding carboxylic acids is 3. The van der Waals surface area contributed by atoms with Crippen molar-refractivity contribution < 1.29 is 53.9 Å². The van der Waals surface area contributed by atoms with E-state index in [1.807, 2.05) is 0 Å². The average molecular weight is 699 g/mol. The molecule has 1 fully saturated rings. The summed E-state index contributed by atoms with van der Waals surface area (Å²) < 4.78 is 17.5. The van der Waals surface area contributed by atoms with E-state index in [0.29, 0.717) is 0 Å². The smallest absolute Gasteiger partial charge is 0.269 e. The standard InChI is InChI=1S/C34H34N2O12.ClH/c1-15-29(38)21(35-14-17-7-9-18(10-8-17)36(44)45)11-24(47-15)48-23-13-34(43,16(2)37)12-20-26(23)33(42)28-27(31(20)40)30(39)19-5-4-6-22(46-3)25(19)32(28)41;/h4-10,15,21,23-24,29,35,38,40,42-43H,11-14H2,1-3H3;1H/t15-,21-,23-,24-,29+,34-;/m0./s1. The third kappa shape index (κ3) is 6.16. The number of aromatic hydroxyl groups is 2. The van der Waals surface area contributed by atoms with Gasteiger partial charge < -0.3 is 40.0 Å². The number of hydrogen-bond donors (Lipinski definition) is 5. The molecule has 0 bridgehead atoms. The van der Waals surface area contributed by atoms with Gasteiger partial charge in [0, 0.05) is 60.7 Å². The molecule has 49 heavy (non-hydrogen) atoms. The summed E-state index contributed by atoms with van der Waals surface area (Å²) in [6, 6.07) is 9.72. The van der Waals surface area contributed by atoms with E-state index in [-0.39, 0.29) is 65.5 Å². The van der Waals surface area contributed by atoms with E-state index in [1.54, 1.807) is 19.1 Å². The van der Waals surface area contributed by atoms with Gasteiger partial charge >= 0.3 is 0 Å². The van der Waals surface area contributed by atoms with Crippen LogP contribution in [0.4, 0.5) is 5.69 Å². The van der Waals surface area contributed by atoms with Crippen LogP contribution >= 0.6 is 12.4 Å². The minimum absolute atomic E-state index is 0. The fourth-order valence-corrected chi connectivity index (χ4v) is 6.81. The maximum Gasteiger partial charge on any atom is 0.269 e. The van der Waals surface area contributed by atoms with Crippen LogP contribution in [0.5, 0.6) is 17.2 Å².